The fourth-order valence-electron chi connectivity index (χ4n) is 3.06. The van der Waals surface area contributed by atoms with Gasteiger partial charge in [0.15, 0.2) is 0 Å². The number of hydrogen-bond donors (Lipinski definition) is 0. The molecule has 144 valence electrons. The highest BCUT2D eigenvalue weighted by molar-refractivity contribution is 7.99. The molecular weight excluding hydrogens is 372 g/mol. The number of thioether (sulfide) groups is 1. The molecule has 1 aliphatic rings. The van der Waals surface area contributed by atoms with E-state index in [1.165, 1.54) is 28.7 Å². The average molecular weight is 393 g/mol. The number of halogens is 2. The molecule has 1 saturated heterocycles. The third-order valence-corrected chi connectivity index (χ3v) is 6.13. The predicted molar refractivity (Wildman–Crippen MR) is 101 cm³/mol. The first-order valence-corrected chi connectivity index (χ1v) is 9.78. The van der Waals surface area contributed by atoms with Crippen molar-refractivity contribution in [1.82, 2.24) is 14.5 Å². The number of aryl methyl sites for hydroxylation is 1. The van der Waals surface area contributed by atoms with Crippen LogP contribution in [0.3, 0.4) is 0 Å². The fraction of sp³-hybridized carbons (Fsp3) is 0.421. The van der Waals surface area contributed by atoms with Gasteiger partial charge in [-0.15, -0.1) is 0 Å². The molecule has 27 heavy (non-hydrogen) atoms. The van der Waals surface area contributed by atoms with Gasteiger partial charge in [0.25, 0.3) is 5.56 Å². The maximum Gasteiger partial charge on any atom is 0.256 e. The predicted octanol–water partition coefficient (Wildman–Crippen LogP) is 2.85. The summed E-state index contributed by atoms with van der Waals surface area (Å²) in [6, 6.07) is 3.47. The number of hydrogen-bond acceptors (Lipinski definition) is 4. The van der Waals surface area contributed by atoms with Gasteiger partial charge in [-0.25, -0.2) is 13.8 Å². The maximum atomic E-state index is 14.0. The lowest BCUT2D eigenvalue weighted by atomic mass is 10.1. The molecule has 2 heterocycles. The lowest BCUT2D eigenvalue weighted by molar-refractivity contribution is -0.131. The number of carbonyl (C=O) groups is 1. The van der Waals surface area contributed by atoms with Crippen LogP contribution in [0.2, 0.25) is 0 Å². The molecule has 1 aliphatic heterocycles. The smallest absolute Gasteiger partial charge is 0.256 e. The molecule has 2 aromatic rings. The molecule has 1 aromatic heterocycles. The average Bonchev–Trinajstić information content (AvgIpc) is 2.90. The fourth-order valence-corrected chi connectivity index (χ4v) is 4.31. The van der Waals surface area contributed by atoms with Crippen LogP contribution < -0.4 is 5.56 Å². The quantitative estimate of drug-likeness (QED) is 0.805. The largest absolute Gasteiger partial charge is 0.340 e. The first kappa shape index (κ1) is 19.5. The van der Waals surface area contributed by atoms with E-state index in [9.17, 15) is 18.4 Å². The van der Waals surface area contributed by atoms with Gasteiger partial charge >= 0.3 is 0 Å². The van der Waals surface area contributed by atoms with Gasteiger partial charge in [0.1, 0.15) is 18.2 Å². The van der Waals surface area contributed by atoms with Gasteiger partial charge in [-0.2, -0.15) is 11.8 Å². The van der Waals surface area contributed by atoms with Gasteiger partial charge in [0.05, 0.1) is 6.33 Å². The van der Waals surface area contributed by atoms with Crippen LogP contribution in [-0.4, -0.2) is 39.2 Å². The van der Waals surface area contributed by atoms with E-state index < -0.39 is 11.6 Å². The molecule has 3 rings (SSSR count). The summed E-state index contributed by atoms with van der Waals surface area (Å²) >= 11 is 1.51. The Labute approximate surface area is 160 Å². The second-order valence-corrected chi connectivity index (χ2v) is 7.89. The van der Waals surface area contributed by atoms with Crippen molar-refractivity contribution in [3.63, 3.8) is 0 Å². The van der Waals surface area contributed by atoms with Crippen molar-refractivity contribution in [2.45, 2.75) is 32.1 Å². The lowest BCUT2D eigenvalue weighted by Crippen LogP contribution is -2.38. The Hall–Kier alpha value is -2.22. The Morgan fingerprint density at radius 3 is 2.85 bits per heavy atom. The van der Waals surface area contributed by atoms with Gasteiger partial charge in [0.2, 0.25) is 5.91 Å². The minimum Gasteiger partial charge on any atom is -0.340 e. The second kappa shape index (κ2) is 8.21. The molecule has 8 heteroatoms. The Morgan fingerprint density at radius 1 is 1.30 bits per heavy atom. The van der Waals surface area contributed by atoms with E-state index >= 15 is 0 Å². The standard InChI is InChI=1S/C19H21F2N3O2S/c1-12-13(2)22-11-24(19(12)26)10-18(25)23-6-5-17(27-8-7-23)15-9-14(20)3-4-16(15)21/h3-4,9,11,17H,5-8,10H2,1-2H3. The molecule has 1 atom stereocenters. The molecule has 0 saturated carbocycles. The van der Waals surface area contributed by atoms with Gasteiger partial charge in [-0.3, -0.25) is 14.2 Å². The van der Waals surface area contributed by atoms with Crippen LogP contribution in [0.4, 0.5) is 8.78 Å². The van der Waals surface area contributed by atoms with Crippen LogP contribution in [0, 0.1) is 25.5 Å². The number of benzene rings is 1. The molecule has 1 aromatic carbocycles. The van der Waals surface area contributed by atoms with Crippen LogP contribution in [0.15, 0.2) is 29.3 Å². The summed E-state index contributed by atoms with van der Waals surface area (Å²) in [4.78, 5) is 30.7. The number of amides is 1. The Kier molecular flexibility index (Phi) is 5.94. The van der Waals surface area contributed by atoms with Gasteiger partial charge < -0.3 is 4.90 Å². The van der Waals surface area contributed by atoms with E-state index in [0.717, 1.165) is 12.1 Å². The van der Waals surface area contributed by atoms with Crippen LogP contribution in [0.5, 0.6) is 0 Å². The van der Waals surface area contributed by atoms with E-state index in [1.807, 2.05) is 0 Å². The van der Waals surface area contributed by atoms with E-state index in [2.05, 4.69) is 4.98 Å². The Bertz CT molecular complexity index is 916. The summed E-state index contributed by atoms with van der Waals surface area (Å²) in [5.41, 5.74) is 1.29. The summed E-state index contributed by atoms with van der Waals surface area (Å²) < 4.78 is 28.8. The zero-order chi connectivity index (χ0) is 19.6. The number of rotatable bonds is 3. The van der Waals surface area contributed by atoms with Crippen LogP contribution in [0.1, 0.15) is 28.5 Å². The SMILES string of the molecule is Cc1ncn(CC(=O)N2CCSC(c3cc(F)ccc3F)CC2)c(=O)c1C. The van der Waals surface area contributed by atoms with Crippen molar-refractivity contribution < 1.29 is 13.6 Å². The molecule has 0 spiro atoms. The van der Waals surface area contributed by atoms with Gasteiger partial charge in [0, 0.05) is 40.9 Å². The minimum atomic E-state index is -0.467. The molecule has 1 amide bonds. The van der Waals surface area contributed by atoms with Crippen LogP contribution >= 0.6 is 11.8 Å². The highest BCUT2D eigenvalue weighted by Crippen LogP contribution is 2.36. The highest BCUT2D eigenvalue weighted by atomic mass is 32.2. The number of nitrogens with zero attached hydrogens (tertiary/aromatic N) is 3. The molecular formula is C19H21F2N3O2S. The van der Waals surface area contributed by atoms with Crippen molar-refractivity contribution in [1.29, 1.82) is 0 Å². The third-order valence-electron chi connectivity index (χ3n) is 4.82. The summed E-state index contributed by atoms with van der Waals surface area (Å²) in [5, 5.41) is -0.204. The van der Waals surface area contributed by atoms with Crippen molar-refractivity contribution in [2.24, 2.45) is 0 Å². The first-order valence-electron chi connectivity index (χ1n) is 8.74. The Balaban J connectivity index is 1.69. The summed E-state index contributed by atoms with van der Waals surface area (Å²) in [6.07, 6.45) is 1.91. The van der Waals surface area contributed by atoms with Gasteiger partial charge in [-0.1, -0.05) is 0 Å². The van der Waals surface area contributed by atoms with E-state index in [4.69, 9.17) is 0 Å². The van der Waals surface area contributed by atoms with Crippen LogP contribution in [-0.2, 0) is 11.3 Å². The number of aromatic nitrogens is 2. The summed E-state index contributed by atoms with van der Waals surface area (Å²) in [7, 11) is 0. The maximum absolute atomic E-state index is 14.0. The number of carbonyl (C=O) groups excluding carboxylic acids is 1. The van der Waals surface area contributed by atoms with Gasteiger partial charge in [-0.05, 0) is 38.5 Å². The zero-order valence-corrected chi connectivity index (χ0v) is 16.1. The Morgan fingerprint density at radius 2 is 2.07 bits per heavy atom. The van der Waals surface area contributed by atoms with Crippen molar-refractivity contribution in [2.75, 3.05) is 18.8 Å². The molecule has 0 radical (unpaired) electrons. The lowest BCUT2D eigenvalue weighted by Gasteiger charge is -2.21. The third kappa shape index (κ3) is 4.37. The van der Waals surface area contributed by atoms with E-state index in [0.29, 0.717) is 42.1 Å². The molecule has 0 N–H and O–H groups in total. The van der Waals surface area contributed by atoms with Crippen molar-refractivity contribution in [3.05, 3.63) is 63.3 Å². The highest BCUT2D eigenvalue weighted by Gasteiger charge is 2.24. The minimum absolute atomic E-state index is 0.0728. The molecule has 5 nitrogen and oxygen atoms in total. The molecule has 0 aliphatic carbocycles. The molecule has 1 fully saturated rings. The second-order valence-electron chi connectivity index (χ2n) is 6.58. The molecule has 0 bridgehead atoms. The summed E-state index contributed by atoms with van der Waals surface area (Å²) in [6.45, 7) is 4.30. The molecule has 1 unspecified atom stereocenters. The van der Waals surface area contributed by atoms with E-state index in [1.54, 1.807) is 18.7 Å². The first-order chi connectivity index (χ1) is 12.9. The normalized spacial score (nSPS) is 17.6. The van der Waals surface area contributed by atoms with Crippen molar-refractivity contribution >= 4 is 17.7 Å². The summed E-state index contributed by atoms with van der Waals surface area (Å²) in [5.74, 6) is -0.456. The van der Waals surface area contributed by atoms with Crippen LogP contribution in [0.25, 0.3) is 0 Å². The topological polar surface area (TPSA) is 55.2 Å². The van der Waals surface area contributed by atoms with E-state index in [-0.39, 0.29) is 23.3 Å². The zero-order valence-electron chi connectivity index (χ0n) is 15.2. The monoisotopic (exact) mass is 393 g/mol. The van der Waals surface area contributed by atoms with Crippen molar-refractivity contribution in [3.8, 4) is 0 Å².